The van der Waals surface area contributed by atoms with Crippen LogP contribution in [-0.2, 0) is 0 Å². The number of fused-ring (bicyclic) bond motifs is 1. The molecule has 8 heteroatoms. The number of amidine groups is 1. The quantitative estimate of drug-likeness (QED) is 0.315. The lowest BCUT2D eigenvalue weighted by molar-refractivity contribution is 0.666. The van der Waals surface area contributed by atoms with Crippen LogP contribution in [0.1, 0.15) is 0 Å². The lowest BCUT2D eigenvalue weighted by atomic mass is 10.1. The van der Waals surface area contributed by atoms with Crippen LogP contribution < -0.4 is 4.83 Å². The van der Waals surface area contributed by atoms with Crippen LogP contribution in [0.5, 0.6) is 0 Å². The van der Waals surface area contributed by atoms with Crippen LogP contribution in [-0.4, -0.2) is 9.72 Å². The highest BCUT2D eigenvalue weighted by molar-refractivity contribution is 9.24. The molecule has 0 bridgehead atoms. The van der Waals surface area contributed by atoms with E-state index in [1.807, 2.05) is 42.5 Å². The zero-order chi connectivity index (χ0) is 13.3. The number of benzene rings is 2. The molecular weight excluding hydrogens is 300 g/mol. The Hall–Kier alpha value is -1.22. The minimum Gasteiger partial charge on any atom is -0.324 e. The maximum Gasteiger partial charge on any atom is 0.252 e. The van der Waals surface area contributed by atoms with Crippen molar-refractivity contribution in [2.45, 2.75) is 0 Å². The first kappa shape index (κ1) is 12.8. The van der Waals surface area contributed by atoms with Crippen molar-refractivity contribution < 1.29 is 4.55 Å². The average molecular weight is 310 g/mol. The minimum atomic E-state index is -2.32. The molecule has 0 amide bonds. The van der Waals surface area contributed by atoms with E-state index in [9.17, 15) is 4.55 Å². The predicted molar refractivity (Wildman–Crippen MR) is 85.8 cm³/mol. The number of nitrogens with zero attached hydrogens (tertiary/aromatic N) is 3. The molecule has 1 heterocycles. The maximum absolute atomic E-state index is 9.91. The summed E-state index contributed by atoms with van der Waals surface area (Å²) in [6.45, 7) is 0. The molecule has 2 aromatic rings. The van der Waals surface area contributed by atoms with E-state index in [1.54, 1.807) is 0 Å². The van der Waals surface area contributed by atoms with Crippen molar-refractivity contribution in [2.24, 2.45) is 15.3 Å². The topological polar surface area (TPSA) is 69.3 Å². The Morgan fingerprint density at radius 2 is 1.95 bits per heavy atom. The molecule has 1 aliphatic rings. The number of nitrogens with one attached hydrogen (secondary N) is 1. The van der Waals surface area contributed by atoms with E-state index in [1.165, 1.54) is 0 Å². The Labute approximate surface area is 120 Å². The monoisotopic (exact) mass is 310 g/mol. The second-order valence-corrected chi connectivity index (χ2v) is 9.75. The number of rotatable bonds is 1. The van der Waals surface area contributed by atoms with Crippen LogP contribution in [0.4, 0.5) is 5.69 Å². The van der Waals surface area contributed by atoms with Crippen molar-refractivity contribution in [2.75, 3.05) is 0 Å². The SMILES string of the molecule is OS1(S)SNN=C1N=Nc1cccc2ccccc12. The van der Waals surface area contributed by atoms with Gasteiger partial charge in [-0.2, -0.15) is 0 Å². The molecule has 1 aliphatic heterocycles. The summed E-state index contributed by atoms with van der Waals surface area (Å²) < 4.78 is 9.91. The molecule has 2 aromatic carbocycles. The van der Waals surface area contributed by atoms with Gasteiger partial charge in [0, 0.05) is 13.8 Å². The molecule has 3 rings (SSSR count). The fourth-order valence-electron chi connectivity index (χ4n) is 1.67. The van der Waals surface area contributed by atoms with E-state index in [2.05, 4.69) is 31.8 Å². The smallest absolute Gasteiger partial charge is 0.252 e. The Morgan fingerprint density at radius 1 is 1.16 bits per heavy atom. The maximum atomic E-state index is 9.91. The Morgan fingerprint density at radius 3 is 2.74 bits per heavy atom. The van der Waals surface area contributed by atoms with Gasteiger partial charge in [-0.05, 0) is 11.5 Å². The van der Waals surface area contributed by atoms with Crippen molar-refractivity contribution in [3.63, 3.8) is 0 Å². The van der Waals surface area contributed by atoms with Gasteiger partial charge in [0.1, 0.15) is 0 Å². The Balaban J connectivity index is 1.98. The van der Waals surface area contributed by atoms with Gasteiger partial charge in [0.05, 0.1) is 16.7 Å². The van der Waals surface area contributed by atoms with Gasteiger partial charge in [-0.25, -0.2) is 4.83 Å². The van der Waals surface area contributed by atoms with Gasteiger partial charge >= 0.3 is 0 Å². The summed E-state index contributed by atoms with van der Waals surface area (Å²) in [6.07, 6.45) is 0. The molecule has 0 spiro atoms. The summed E-state index contributed by atoms with van der Waals surface area (Å²) >= 11 is 4.12. The van der Waals surface area contributed by atoms with E-state index < -0.39 is 8.37 Å². The van der Waals surface area contributed by atoms with Gasteiger partial charge in [-0.3, -0.25) is 0 Å². The molecule has 1 unspecified atom stereocenters. The first-order valence-electron chi connectivity index (χ1n) is 5.36. The summed E-state index contributed by atoms with van der Waals surface area (Å²) in [4.78, 5) is 2.60. The number of hydrogen-bond acceptors (Lipinski definition) is 7. The van der Waals surface area contributed by atoms with Gasteiger partial charge in [0.25, 0.3) is 5.17 Å². The summed E-state index contributed by atoms with van der Waals surface area (Å²) in [5.41, 5.74) is 0.737. The highest BCUT2D eigenvalue weighted by Crippen LogP contribution is 2.63. The first-order chi connectivity index (χ1) is 9.17. The van der Waals surface area contributed by atoms with Crippen molar-refractivity contribution >= 4 is 52.6 Å². The summed E-state index contributed by atoms with van der Waals surface area (Å²) in [6, 6.07) is 13.7. The second kappa shape index (κ2) is 5.04. The van der Waals surface area contributed by atoms with E-state index in [0.717, 1.165) is 27.4 Å². The molecule has 5 nitrogen and oxygen atoms in total. The minimum absolute atomic E-state index is 0.216. The van der Waals surface area contributed by atoms with Crippen LogP contribution in [0.3, 0.4) is 0 Å². The third-order valence-electron chi connectivity index (χ3n) is 2.54. The highest BCUT2D eigenvalue weighted by Gasteiger charge is 2.30. The molecule has 0 fully saturated rings. The molecule has 2 N–H and O–H groups in total. The van der Waals surface area contributed by atoms with Gasteiger partial charge in [-0.1, -0.05) is 48.1 Å². The number of azo groups is 1. The lowest BCUT2D eigenvalue weighted by Crippen LogP contribution is -1.93. The van der Waals surface area contributed by atoms with E-state index >= 15 is 0 Å². The van der Waals surface area contributed by atoms with Crippen LogP contribution in [0.25, 0.3) is 10.8 Å². The van der Waals surface area contributed by atoms with E-state index in [4.69, 9.17) is 0 Å². The summed E-state index contributed by atoms with van der Waals surface area (Å²) in [7, 11) is -1.28. The number of hydrogen-bond donors (Lipinski definition) is 3. The average Bonchev–Trinajstić information content (AvgIpc) is 2.75. The van der Waals surface area contributed by atoms with Gasteiger partial charge in [0.2, 0.25) is 0 Å². The molecule has 0 saturated heterocycles. The summed E-state index contributed by atoms with van der Waals surface area (Å²) in [5, 5.41) is 14.3. The van der Waals surface area contributed by atoms with Crippen LogP contribution in [0.2, 0.25) is 0 Å². The van der Waals surface area contributed by atoms with Gasteiger partial charge in [0.15, 0.2) is 0 Å². The predicted octanol–water partition coefficient (Wildman–Crippen LogP) is 4.48. The summed E-state index contributed by atoms with van der Waals surface area (Å²) in [5.74, 6) is 0. The van der Waals surface area contributed by atoms with Crippen molar-refractivity contribution in [3.8, 4) is 0 Å². The molecule has 0 saturated carbocycles. The standard InChI is InChI=1S/C11H10N4OS3/c16-19(17)11(14-15-18-19)13-12-10-7-3-5-8-4-1-2-6-9(8)10/h1-7,15-17H. The molecule has 0 aromatic heterocycles. The largest absolute Gasteiger partial charge is 0.324 e. The van der Waals surface area contributed by atoms with Crippen LogP contribution in [0.15, 0.2) is 57.8 Å². The number of hydrazone groups is 1. The zero-order valence-corrected chi connectivity index (χ0v) is 12.1. The number of thiol groups is 1. The lowest BCUT2D eigenvalue weighted by Gasteiger charge is -2.15. The third-order valence-corrected chi connectivity index (χ3v) is 6.12. The van der Waals surface area contributed by atoms with E-state index in [-0.39, 0.29) is 5.17 Å². The molecular formula is C11H10N4OS3. The van der Waals surface area contributed by atoms with Gasteiger partial charge < -0.3 is 4.55 Å². The normalized spacial score (nSPS) is 26.1. The van der Waals surface area contributed by atoms with Crippen LogP contribution in [0, 0.1) is 0 Å². The second-order valence-electron chi connectivity index (χ2n) is 3.76. The van der Waals surface area contributed by atoms with E-state index in [0.29, 0.717) is 0 Å². The van der Waals surface area contributed by atoms with Crippen LogP contribution >= 0.6 is 31.0 Å². The Bertz CT molecular complexity index is 681. The third kappa shape index (κ3) is 2.57. The first-order valence-corrected chi connectivity index (χ1v) is 9.33. The molecule has 0 aliphatic carbocycles. The van der Waals surface area contributed by atoms with Crippen molar-refractivity contribution in [1.82, 2.24) is 4.83 Å². The Kier molecular flexibility index (Phi) is 3.40. The van der Waals surface area contributed by atoms with Crippen molar-refractivity contribution in [3.05, 3.63) is 42.5 Å². The van der Waals surface area contributed by atoms with Gasteiger partial charge in [-0.15, -0.1) is 15.3 Å². The fraction of sp³-hybridized carbons (Fsp3) is 0. The fourth-order valence-corrected chi connectivity index (χ4v) is 3.74. The molecule has 19 heavy (non-hydrogen) atoms. The highest BCUT2D eigenvalue weighted by atomic mass is 33.5. The molecule has 0 radical (unpaired) electrons. The zero-order valence-electron chi connectivity index (χ0n) is 9.59. The van der Waals surface area contributed by atoms with Crippen molar-refractivity contribution in [1.29, 1.82) is 0 Å². The molecule has 98 valence electrons. The molecule has 1 atom stereocenters.